The molecule has 0 spiro atoms. The van der Waals surface area contributed by atoms with E-state index < -0.39 is 48.4 Å². The van der Waals surface area contributed by atoms with Gasteiger partial charge in [-0.3, -0.25) is 24.2 Å². The van der Waals surface area contributed by atoms with Gasteiger partial charge in [0.25, 0.3) is 0 Å². The highest BCUT2D eigenvalue weighted by atomic mass is 16.4. The zero-order chi connectivity index (χ0) is 24.1. The number of carboxylic acids is 1. The van der Waals surface area contributed by atoms with Gasteiger partial charge in [0.2, 0.25) is 17.7 Å². The Morgan fingerprint density at radius 3 is 2.47 bits per heavy atom. The molecule has 0 bridgehead atoms. The van der Waals surface area contributed by atoms with Crippen molar-refractivity contribution in [3.63, 3.8) is 0 Å². The first-order valence-electron chi connectivity index (χ1n) is 10.8. The number of nitrogens with one attached hydrogen (secondary N) is 2. The van der Waals surface area contributed by atoms with Crippen LogP contribution in [-0.4, -0.2) is 84.0 Å². The average molecular weight is 457 g/mol. The van der Waals surface area contributed by atoms with E-state index in [1.165, 1.54) is 4.90 Å². The zero-order valence-electron chi connectivity index (χ0n) is 18.3. The Labute approximate surface area is 187 Å². The van der Waals surface area contributed by atoms with Crippen LogP contribution in [0.4, 0.5) is 0 Å². The number of rotatable bonds is 14. The van der Waals surface area contributed by atoms with Crippen LogP contribution >= 0.6 is 0 Å². The molecule has 0 radical (unpaired) electrons. The fourth-order valence-electron chi connectivity index (χ4n) is 3.46. The van der Waals surface area contributed by atoms with Crippen LogP contribution in [0, 0.1) is 0 Å². The SMILES string of the molecule is NCCCCC(NC(=O)C(N)CCCN=C(N)N)C(=O)N1CCCC1C(=O)NCC(=O)O. The van der Waals surface area contributed by atoms with Crippen LogP contribution in [0.1, 0.15) is 44.9 Å². The van der Waals surface area contributed by atoms with Crippen LogP contribution < -0.4 is 33.6 Å². The lowest BCUT2D eigenvalue weighted by molar-refractivity contribution is -0.143. The molecule has 1 saturated heterocycles. The van der Waals surface area contributed by atoms with Gasteiger partial charge in [-0.1, -0.05) is 0 Å². The molecule has 1 rings (SSSR count). The molecule has 0 aromatic carbocycles. The number of aliphatic carboxylic acids is 1. The molecule has 0 aromatic heterocycles. The summed E-state index contributed by atoms with van der Waals surface area (Å²) >= 11 is 0. The van der Waals surface area contributed by atoms with E-state index in [2.05, 4.69) is 15.6 Å². The molecule has 1 aliphatic rings. The second kappa shape index (κ2) is 14.2. The summed E-state index contributed by atoms with van der Waals surface area (Å²) in [6.45, 7) is 0.604. The van der Waals surface area contributed by atoms with Gasteiger partial charge in [0, 0.05) is 13.1 Å². The fraction of sp³-hybridized carbons (Fsp3) is 0.737. The summed E-state index contributed by atoms with van der Waals surface area (Å²) in [5.41, 5.74) is 22.0. The van der Waals surface area contributed by atoms with Crippen molar-refractivity contribution >= 4 is 29.7 Å². The Hall–Kier alpha value is -2.93. The van der Waals surface area contributed by atoms with E-state index in [1.807, 2.05) is 0 Å². The molecule has 11 N–H and O–H groups in total. The number of hydrogen-bond acceptors (Lipinski definition) is 7. The van der Waals surface area contributed by atoms with Gasteiger partial charge in [0.15, 0.2) is 5.96 Å². The Morgan fingerprint density at radius 1 is 1.12 bits per heavy atom. The normalized spacial score (nSPS) is 17.3. The number of aliphatic imine (C=N–C) groups is 1. The van der Waals surface area contributed by atoms with Gasteiger partial charge in [-0.2, -0.15) is 0 Å². The monoisotopic (exact) mass is 456 g/mol. The van der Waals surface area contributed by atoms with Gasteiger partial charge in [0.1, 0.15) is 18.6 Å². The van der Waals surface area contributed by atoms with Crippen molar-refractivity contribution in [2.24, 2.45) is 27.9 Å². The summed E-state index contributed by atoms with van der Waals surface area (Å²) < 4.78 is 0. The van der Waals surface area contributed by atoms with Crippen LogP contribution in [0.2, 0.25) is 0 Å². The third kappa shape index (κ3) is 9.47. The van der Waals surface area contributed by atoms with Gasteiger partial charge < -0.3 is 43.6 Å². The Kier molecular flexibility index (Phi) is 12.0. The van der Waals surface area contributed by atoms with E-state index in [1.54, 1.807) is 0 Å². The molecular formula is C19H36N8O5. The molecule has 0 aromatic rings. The van der Waals surface area contributed by atoms with Crippen molar-refractivity contribution in [3.05, 3.63) is 0 Å². The summed E-state index contributed by atoms with van der Waals surface area (Å²) in [6.07, 6.45) is 3.48. The highest BCUT2D eigenvalue weighted by Gasteiger charge is 2.37. The van der Waals surface area contributed by atoms with Crippen molar-refractivity contribution < 1.29 is 24.3 Å². The maximum absolute atomic E-state index is 13.2. The van der Waals surface area contributed by atoms with E-state index in [-0.39, 0.29) is 5.96 Å². The zero-order valence-corrected chi connectivity index (χ0v) is 18.3. The van der Waals surface area contributed by atoms with Crippen molar-refractivity contribution in [2.45, 2.75) is 63.1 Å². The molecule has 13 heteroatoms. The van der Waals surface area contributed by atoms with Crippen molar-refractivity contribution in [1.82, 2.24) is 15.5 Å². The lowest BCUT2D eigenvalue weighted by Crippen LogP contribution is -2.55. The molecule has 3 unspecified atom stereocenters. The van der Waals surface area contributed by atoms with Gasteiger partial charge in [-0.15, -0.1) is 0 Å². The molecule has 32 heavy (non-hydrogen) atoms. The predicted octanol–water partition coefficient (Wildman–Crippen LogP) is -2.83. The largest absolute Gasteiger partial charge is 0.480 e. The van der Waals surface area contributed by atoms with E-state index in [9.17, 15) is 19.2 Å². The molecule has 3 atom stereocenters. The number of unbranched alkanes of at least 4 members (excludes halogenated alkanes) is 1. The molecule has 1 aliphatic heterocycles. The third-order valence-corrected chi connectivity index (χ3v) is 5.12. The molecule has 0 aliphatic carbocycles. The van der Waals surface area contributed by atoms with E-state index in [0.717, 1.165) is 0 Å². The van der Waals surface area contributed by atoms with Crippen molar-refractivity contribution in [1.29, 1.82) is 0 Å². The molecule has 3 amide bonds. The van der Waals surface area contributed by atoms with Crippen LogP contribution in [0.25, 0.3) is 0 Å². The minimum absolute atomic E-state index is 0.0406. The summed E-state index contributed by atoms with van der Waals surface area (Å²) in [6, 6.07) is -2.48. The van der Waals surface area contributed by atoms with E-state index in [0.29, 0.717) is 64.6 Å². The first-order valence-corrected chi connectivity index (χ1v) is 10.8. The molecule has 13 nitrogen and oxygen atoms in total. The number of carboxylic acid groups (broad SMARTS) is 1. The standard InChI is InChI=1S/C19H36N8O5/c20-8-2-1-6-13(26-16(30)12(21)5-3-9-24-19(22)23)18(32)27-10-4-7-14(27)17(31)25-11-15(28)29/h12-14H,1-11,20-21H2,(H,25,31)(H,26,30)(H,28,29)(H4,22,23,24). The number of nitrogens with zero attached hydrogens (tertiary/aromatic N) is 2. The molecule has 1 fully saturated rings. The van der Waals surface area contributed by atoms with E-state index >= 15 is 0 Å². The number of likely N-dealkylation sites (tertiary alicyclic amines) is 1. The van der Waals surface area contributed by atoms with Crippen LogP contribution in [0.15, 0.2) is 4.99 Å². The maximum atomic E-state index is 13.2. The summed E-state index contributed by atoms with van der Waals surface area (Å²) in [4.78, 5) is 54.1. The minimum atomic E-state index is -1.17. The first-order chi connectivity index (χ1) is 15.2. The molecule has 182 valence electrons. The van der Waals surface area contributed by atoms with Crippen LogP contribution in [0.3, 0.4) is 0 Å². The van der Waals surface area contributed by atoms with E-state index in [4.69, 9.17) is 28.0 Å². The fourth-order valence-corrected chi connectivity index (χ4v) is 3.46. The number of nitrogens with two attached hydrogens (primary N) is 4. The van der Waals surface area contributed by atoms with Crippen LogP contribution in [0.5, 0.6) is 0 Å². The number of carbonyl (C=O) groups is 4. The third-order valence-electron chi connectivity index (χ3n) is 5.12. The lowest BCUT2D eigenvalue weighted by atomic mass is 10.1. The predicted molar refractivity (Wildman–Crippen MR) is 118 cm³/mol. The number of carbonyl (C=O) groups excluding carboxylic acids is 3. The summed E-state index contributed by atoms with van der Waals surface area (Å²) in [5.74, 6) is -2.61. The van der Waals surface area contributed by atoms with Gasteiger partial charge in [-0.05, 0) is 51.5 Å². The minimum Gasteiger partial charge on any atom is -0.480 e. The van der Waals surface area contributed by atoms with Gasteiger partial charge in [0.05, 0.1) is 6.04 Å². The molecular weight excluding hydrogens is 420 g/mol. The molecule has 0 saturated carbocycles. The van der Waals surface area contributed by atoms with Gasteiger partial charge in [-0.25, -0.2) is 0 Å². The average Bonchev–Trinajstić information content (AvgIpc) is 3.23. The second-order valence-electron chi connectivity index (χ2n) is 7.70. The Bertz CT molecular complexity index is 683. The lowest BCUT2D eigenvalue weighted by Gasteiger charge is -2.29. The highest BCUT2D eigenvalue weighted by molar-refractivity contribution is 5.94. The Balaban J connectivity index is 2.77. The number of hydrogen-bond donors (Lipinski definition) is 7. The summed E-state index contributed by atoms with van der Waals surface area (Å²) in [7, 11) is 0. The number of amides is 3. The quantitative estimate of drug-likeness (QED) is 0.0809. The Morgan fingerprint density at radius 2 is 1.84 bits per heavy atom. The summed E-state index contributed by atoms with van der Waals surface area (Å²) in [5, 5.41) is 13.8. The maximum Gasteiger partial charge on any atom is 0.322 e. The smallest absolute Gasteiger partial charge is 0.322 e. The first kappa shape index (κ1) is 27.1. The molecule has 1 heterocycles. The van der Waals surface area contributed by atoms with Crippen molar-refractivity contribution in [3.8, 4) is 0 Å². The second-order valence-corrected chi connectivity index (χ2v) is 7.70. The number of guanidine groups is 1. The highest BCUT2D eigenvalue weighted by Crippen LogP contribution is 2.20. The van der Waals surface area contributed by atoms with Gasteiger partial charge >= 0.3 is 5.97 Å². The topological polar surface area (TPSA) is 232 Å². The van der Waals surface area contributed by atoms with Crippen LogP contribution in [-0.2, 0) is 19.2 Å². The van der Waals surface area contributed by atoms with Crippen molar-refractivity contribution in [2.75, 3.05) is 26.2 Å².